The molecule has 0 heterocycles. The van der Waals surface area contributed by atoms with E-state index in [2.05, 4.69) is 5.32 Å². The predicted octanol–water partition coefficient (Wildman–Crippen LogP) is 2.66. The highest BCUT2D eigenvalue weighted by atomic mass is 35.5. The molecule has 0 aliphatic heterocycles. The van der Waals surface area contributed by atoms with E-state index in [1.807, 2.05) is 48.5 Å². The quantitative estimate of drug-likeness (QED) is 0.889. The number of hydrogen-bond acceptors (Lipinski definition) is 2. The van der Waals surface area contributed by atoms with Crippen LogP contribution in [-0.2, 0) is 24.3 Å². The van der Waals surface area contributed by atoms with Crippen molar-refractivity contribution in [2.75, 3.05) is 0 Å². The predicted molar refractivity (Wildman–Crippen MR) is 81.3 cm³/mol. The standard InChI is InChI=1S/C16H17ClN2O/c17-15-7-3-4-12(8-15)11-19-16(20)9-13-5-1-2-6-14(13)10-18/h1-8H,9-11,18H2,(H,19,20). The summed E-state index contributed by atoms with van der Waals surface area (Å²) in [7, 11) is 0. The molecule has 1 amide bonds. The number of nitrogens with two attached hydrogens (primary N) is 1. The van der Waals surface area contributed by atoms with Gasteiger partial charge in [-0.25, -0.2) is 0 Å². The molecule has 0 unspecified atom stereocenters. The highest BCUT2D eigenvalue weighted by Gasteiger charge is 2.06. The highest BCUT2D eigenvalue weighted by molar-refractivity contribution is 6.30. The van der Waals surface area contributed by atoms with E-state index >= 15 is 0 Å². The number of halogens is 1. The summed E-state index contributed by atoms with van der Waals surface area (Å²) in [6.07, 6.45) is 0.341. The smallest absolute Gasteiger partial charge is 0.224 e. The maximum atomic E-state index is 12.0. The SMILES string of the molecule is NCc1ccccc1CC(=O)NCc1cccc(Cl)c1. The van der Waals surface area contributed by atoms with E-state index in [4.69, 9.17) is 17.3 Å². The molecule has 20 heavy (non-hydrogen) atoms. The Morgan fingerprint density at radius 3 is 2.55 bits per heavy atom. The molecule has 0 aliphatic rings. The summed E-state index contributed by atoms with van der Waals surface area (Å²) in [6.45, 7) is 0.919. The van der Waals surface area contributed by atoms with Crippen LogP contribution in [-0.4, -0.2) is 5.91 Å². The van der Waals surface area contributed by atoms with Crippen LogP contribution in [0.3, 0.4) is 0 Å². The van der Waals surface area contributed by atoms with Crippen molar-refractivity contribution < 1.29 is 4.79 Å². The van der Waals surface area contributed by atoms with Gasteiger partial charge in [0.1, 0.15) is 0 Å². The molecule has 0 atom stereocenters. The van der Waals surface area contributed by atoms with E-state index in [9.17, 15) is 4.79 Å². The number of benzene rings is 2. The lowest BCUT2D eigenvalue weighted by Gasteiger charge is -2.09. The molecule has 0 aromatic heterocycles. The number of amides is 1. The third-order valence-electron chi connectivity index (χ3n) is 3.07. The third-order valence-corrected chi connectivity index (χ3v) is 3.30. The summed E-state index contributed by atoms with van der Waals surface area (Å²) in [5, 5.41) is 3.56. The lowest BCUT2D eigenvalue weighted by Crippen LogP contribution is -2.25. The van der Waals surface area contributed by atoms with Gasteiger partial charge in [0.15, 0.2) is 0 Å². The fourth-order valence-corrected chi connectivity index (χ4v) is 2.23. The summed E-state index contributed by atoms with van der Waals surface area (Å²) in [5.74, 6) is -0.0223. The zero-order chi connectivity index (χ0) is 14.4. The molecule has 0 saturated carbocycles. The van der Waals surface area contributed by atoms with Gasteiger partial charge >= 0.3 is 0 Å². The van der Waals surface area contributed by atoms with Crippen molar-refractivity contribution in [3.8, 4) is 0 Å². The number of rotatable bonds is 5. The first-order chi connectivity index (χ1) is 9.69. The first-order valence-electron chi connectivity index (χ1n) is 6.47. The molecule has 0 saturated heterocycles. The molecule has 104 valence electrons. The van der Waals surface area contributed by atoms with Crippen molar-refractivity contribution in [2.24, 2.45) is 5.73 Å². The molecule has 0 spiro atoms. The first kappa shape index (κ1) is 14.6. The van der Waals surface area contributed by atoms with Crippen molar-refractivity contribution in [2.45, 2.75) is 19.5 Å². The van der Waals surface area contributed by atoms with E-state index in [-0.39, 0.29) is 5.91 Å². The second-order valence-corrected chi connectivity index (χ2v) is 4.99. The van der Waals surface area contributed by atoms with Gasteiger partial charge in [0.05, 0.1) is 6.42 Å². The highest BCUT2D eigenvalue weighted by Crippen LogP contribution is 2.11. The zero-order valence-corrected chi connectivity index (χ0v) is 11.9. The normalized spacial score (nSPS) is 10.3. The van der Waals surface area contributed by atoms with Gasteiger partial charge in [-0.05, 0) is 28.8 Å². The Morgan fingerprint density at radius 2 is 1.85 bits per heavy atom. The number of nitrogens with one attached hydrogen (secondary N) is 1. The van der Waals surface area contributed by atoms with Crippen LogP contribution >= 0.6 is 11.6 Å². The Morgan fingerprint density at radius 1 is 1.10 bits per heavy atom. The van der Waals surface area contributed by atoms with E-state index in [1.54, 1.807) is 0 Å². The van der Waals surface area contributed by atoms with Crippen LogP contribution in [0, 0.1) is 0 Å². The van der Waals surface area contributed by atoms with Crippen molar-refractivity contribution in [3.05, 3.63) is 70.2 Å². The average Bonchev–Trinajstić information content (AvgIpc) is 2.46. The Bertz CT molecular complexity index is 599. The number of hydrogen-bond donors (Lipinski definition) is 2. The Balaban J connectivity index is 1.93. The van der Waals surface area contributed by atoms with E-state index in [1.165, 1.54) is 0 Å². The molecule has 0 aliphatic carbocycles. The second kappa shape index (κ2) is 7.08. The molecule has 4 heteroatoms. The summed E-state index contributed by atoms with van der Waals surface area (Å²) in [5.41, 5.74) is 8.62. The lowest BCUT2D eigenvalue weighted by molar-refractivity contribution is -0.120. The topological polar surface area (TPSA) is 55.1 Å². The molecule has 3 nitrogen and oxygen atoms in total. The molecule has 0 bridgehead atoms. The van der Waals surface area contributed by atoms with Crippen molar-refractivity contribution in [1.29, 1.82) is 0 Å². The summed E-state index contributed by atoms with van der Waals surface area (Å²) in [4.78, 5) is 12.0. The number of carbonyl (C=O) groups excluding carboxylic acids is 1. The maximum absolute atomic E-state index is 12.0. The lowest BCUT2D eigenvalue weighted by atomic mass is 10.0. The van der Waals surface area contributed by atoms with Crippen LogP contribution in [0.15, 0.2) is 48.5 Å². The van der Waals surface area contributed by atoms with Gasteiger partial charge in [0, 0.05) is 18.1 Å². The minimum atomic E-state index is -0.0223. The fraction of sp³-hybridized carbons (Fsp3) is 0.188. The largest absolute Gasteiger partial charge is 0.352 e. The van der Waals surface area contributed by atoms with Gasteiger partial charge in [0.25, 0.3) is 0 Å². The average molecular weight is 289 g/mol. The van der Waals surface area contributed by atoms with Crippen LogP contribution in [0.4, 0.5) is 0 Å². The molecule has 0 fully saturated rings. The Labute approximate surface area is 123 Å². The second-order valence-electron chi connectivity index (χ2n) is 4.56. The van der Waals surface area contributed by atoms with Gasteiger partial charge < -0.3 is 11.1 Å². The summed E-state index contributed by atoms with van der Waals surface area (Å²) >= 11 is 5.90. The van der Waals surface area contributed by atoms with E-state index in [0.717, 1.165) is 16.7 Å². The van der Waals surface area contributed by atoms with Gasteiger partial charge in [-0.1, -0.05) is 48.0 Å². The molecular formula is C16H17ClN2O. The summed E-state index contributed by atoms with van der Waals surface area (Å²) in [6, 6.07) is 15.2. The first-order valence-corrected chi connectivity index (χ1v) is 6.85. The summed E-state index contributed by atoms with van der Waals surface area (Å²) < 4.78 is 0. The minimum Gasteiger partial charge on any atom is -0.352 e. The third kappa shape index (κ3) is 4.08. The Hall–Kier alpha value is -1.84. The molecule has 2 rings (SSSR count). The zero-order valence-electron chi connectivity index (χ0n) is 11.1. The molecule has 2 aromatic carbocycles. The van der Waals surface area contributed by atoms with Crippen molar-refractivity contribution in [3.63, 3.8) is 0 Å². The van der Waals surface area contributed by atoms with Crippen LogP contribution in [0.1, 0.15) is 16.7 Å². The monoisotopic (exact) mass is 288 g/mol. The fourth-order valence-electron chi connectivity index (χ4n) is 2.01. The van der Waals surface area contributed by atoms with Crippen LogP contribution in [0.5, 0.6) is 0 Å². The molecule has 0 radical (unpaired) electrons. The number of carbonyl (C=O) groups is 1. The molecule has 2 aromatic rings. The molecular weight excluding hydrogens is 272 g/mol. The van der Waals surface area contributed by atoms with E-state index in [0.29, 0.717) is 24.5 Å². The molecule has 3 N–H and O–H groups in total. The van der Waals surface area contributed by atoms with Gasteiger partial charge in [-0.2, -0.15) is 0 Å². The maximum Gasteiger partial charge on any atom is 0.224 e. The van der Waals surface area contributed by atoms with Crippen molar-refractivity contribution >= 4 is 17.5 Å². The van der Waals surface area contributed by atoms with Crippen LogP contribution in [0.25, 0.3) is 0 Å². The van der Waals surface area contributed by atoms with Gasteiger partial charge in [-0.15, -0.1) is 0 Å². The minimum absolute atomic E-state index is 0.0223. The Kier molecular flexibility index (Phi) is 5.16. The van der Waals surface area contributed by atoms with Gasteiger partial charge in [0.2, 0.25) is 5.91 Å². The van der Waals surface area contributed by atoms with Crippen molar-refractivity contribution in [1.82, 2.24) is 5.32 Å². The van der Waals surface area contributed by atoms with Gasteiger partial charge in [-0.3, -0.25) is 4.79 Å². The van der Waals surface area contributed by atoms with E-state index < -0.39 is 0 Å². The van der Waals surface area contributed by atoms with Crippen LogP contribution in [0.2, 0.25) is 5.02 Å². The van der Waals surface area contributed by atoms with Crippen LogP contribution < -0.4 is 11.1 Å².